The highest BCUT2D eigenvalue weighted by Gasteiger charge is 2.36. The molecular formula is C10H20O2S. The van der Waals surface area contributed by atoms with Gasteiger partial charge >= 0.3 is 0 Å². The van der Waals surface area contributed by atoms with Crippen LogP contribution in [0.3, 0.4) is 0 Å². The minimum absolute atomic E-state index is 0.0464. The van der Waals surface area contributed by atoms with E-state index in [1.807, 2.05) is 0 Å². The van der Waals surface area contributed by atoms with Crippen molar-refractivity contribution < 1.29 is 8.42 Å². The molecule has 0 aromatic rings. The Kier molecular flexibility index (Phi) is 3.38. The Bertz CT molecular complexity index is 254. The lowest BCUT2D eigenvalue weighted by atomic mass is 9.98. The van der Waals surface area contributed by atoms with Gasteiger partial charge in [-0.2, -0.15) is 0 Å². The average Bonchev–Trinajstić information content (AvgIpc) is 2.23. The Morgan fingerprint density at radius 2 is 2.00 bits per heavy atom. The molecule has 1 aliphatic rings. The summed E-state index contributed by atoms with van der Waals surface area (Å²) in [6.07, 6.45) is 2.76. The fourth-order valence-corrected chi connectivity index (χ4v) is 4.35. The second-order valence-corrected chi connectivity index (χ2v) is 6.98. The van der Waals surface area contributed by atoms with Crippen molar-refractivity contribution in [3.05, 3.63) is 0 Å². The first-order valence-corrected chi connectivity index (χ1v) is 6.86. The van der Waals surface area contributed by atoms with Crippen LogP contribution in [0.15, 0.2) is 0 Å². The molecule has 78 valence electrons. The first-order chi connectivity index (χ1) is 5.93. The third-order valence-corrected chi connectivity index (χ3v) is 5.41. The fraction of sp³-hybridized carbons (Fsp3) is 1.00. The summed E-state index contributed by atoms with van der Waals surface area (Å²) in [5.74, 6) is 1.41. The molecule has 0 aromatic heterocycles. The largest absolute Gasteiger partial charge is 0.229 e. The molecule has 2 atom stereocenters. The first-order valence-electron chi connectivity index (χ1n) is 5.15. The predicted octanol–water partition coefficient (Wildman–Crippen LogP) is 2.25. The Hall–Kier alpha value is -0.0500. The monoisotopic (exact) mass is 204 g/mol. The van der Waals surface area contributed by atoms with Gasteiger partial charge in [0.1, 0.15) is 0 Å². The van der Waals surface area contributed by atoms with E-state index in [4.69, 9.17) is 0 Å². The van der Waals surface area contributed by atoms with Gasteiger partial charge in [0, 0.05) is 0 Å². The molecule has 1 fully saturated rings. The molecule has 1 heterocycles. The van der Waals surface area contributed by atoms with Gasteiger partial charge in [-0.25, -0.2) is 8.42 Å². The molecule has 0 radical (unpaired) electrons. The van der Waals surface area contributed by atoms with E-state index in [0.29, 0.717) is 17.6 Å². The molecule has 1 rings (SSSR count). The zero-order valence-corrected chi connectivity index (χ0v) is 9.60. The fourth-order valence-electron chi connectivity index (χ4n) is 2.00. The van der Waals surface area contributed by atoms with Crippen molar-refractivity contribution in [2.24, 2.45) is 11.8 Å². The summed E-state index contributed by atoms with van der Waals surface area (Å²) >= 11 is 0. The Morgan fingerprint density at radius 3 is 2.38 bits per heavy atom. The van der Waals surface area contributed by atoms with Crippen LogP contribution in [0.4, 0.5) is 0 Å². The van der Waals surface area contributed by atoms with Crippen molar-refractivity contribution in [3.63, 3.8) is 0 Å². The quantitative estimate of drug-likeness (QED) is 0.706. The van der Waals surface area contributed by atoms with Crippen LogP contribution in [0.25, 0.3) is 0 Å². The van der Waals surface area contributed by atoms with Crippen molar-refractivity contribution in [2.45, 2.75) is 45.3 Å². The number of hydrogen-bond acceptors (Lipinski definition) is 2. The van der Waals surface area contributed by atoms with E-state index in [9.17, 15) is 8.42 Å². The first kappa shape index (κ1) is 11.0. The number of rotatable bonds is 3. The van der Waals surface area contributed by atoms with Crippen molar-refractivity contribution in [1.29, 1.82) is 0 Å². The molecule has 0 saturated carbocycles. The summed E-state index contributed by atoms with van der Waals surface area (Å²) in [7, 11) is -2.73. The van der Waals surface area contributed by atoms with Crippen LogP contribution < -0.4 is 0 Å². The zero-order chi connectivity index (χ0) is 10.1. The zero-order valence-electron chi connectivity index (χ0n) is 8.79. The van der Waals surface area contributed by atoms with Crippen LogP contribution >= 0.6 is 0 Å². The van der Waals surface area contributed by atoms with Gasteiger partial charge in [0.2, 0.25) is 0 Å². The molecule has 0 bridgehead atoms. The van der Waals surface area contributed by atoms with Crippen molar-refractivity contribution in [2.75, 3.05) is 5.75 Å². The van der Waals surface area contributed by atoms with E-state index in [0.717, 1.165) is 19.3 Å². The van der Waals surface area contributed by atoms with Crippen LogP contribution in [0, 0.1) is 11.8 Å². The van der Waals surface area contributed by atoms with Crippen LogP contribution in [-0.2, 0) is 9.84 Å². The summed E-state index contributed by atoms with van der Waals surface area (Å²) in [5.41, 5.74) is 0. The molecule has 0 N–H and O–H groups in total. The maximum Gasteiger partial charge on any atom is 0.153 e. The molecule has 2 nitrogen and oxygen atoms in total. The molecular weight excluding hydrogens is 184 g/mol. The smallest absolute Gasteiger partial charge is 0.153 e. The number of hydrogen-bond donors (Lipinski definition) is 0. The molecule has 1 saturated heterocycles. The predicted molar refractivity (Wildman–Crippen MR) is 55.4 cm³/mol. The van der Waals surface area contributed by atoms with Gasteiger partial charge in [0.05, 0.1) is 11.0 Å². The molecule has 2 unspecified atom stereocenters. The summed E-state index contributed by atoms with van der Waals surface area (Å²) < 4.78 is 23.2. The second-order valence-electron chi connectivity index (χ2n) is 4.64. The van der Waals surface area contributed by atoms with Gasteiger partial charge in [-0.3, -0.25) is 0 Å². The van der Waals surface area contributed by atoms with Gasteiger partial charge in [-0.1, -0.05) is 20.8 Å². The van der Waals surface area contributed by atoms with Crippen LogP contribution in [-0.4, -0.2) is 19.4 Å². The molecule has 0 aliphatic carbocycles. The molecule has 1 aliphatic heterocycles. The lowest BCUT2D eigenvalue weighted by Gasteiger charge is -2.15. The van der Waals surface area contributed by atoms with E-state index in [-0.39, 0.29) is 5.25 Å². The van der Waals surface area contributed by atoms with Crippen molar-refractivity contribution >= 4 is 9.84 Å². The lowest BCUT2D eigenvalue weighted by molar-refractivity contribution is 0.466. The van der Waals surface area contributed by atoms with Gasteiger partial charge < -0.3 is 0 Å². The van der Waals surface area contributed by atoms with Gasteiger partial charge in [-0.05, 0) is 31.1 Å². The maximum atomic E-state index is 11.6. The van der Waals surface area contributed by atoms with E-state index in [2.05, 4.69) is 20.8 Å². The van der Waals surface area contributed by atoms with Crippen molar-refractivity contribution in [1.82, 2.24) is 0 Å². The normalized spacial score (nSPS) is 32.6. The van der Waals surface area contributed by atoms with E-state index in [1.54, 1.807) is 0 Å². The number of sulfone groups is 1. The van der Waals surface area contributed by atoms with Crippen molar-refractivity contribution in [3.8, 4) is 0 Å². The third-order valence-electron chi connectivity index (χ3n) is 2.98. The van der Waals surface area contributed by atoms with Gasteiger partial charge in [-0.15, -0.1) is 0 Å². The summed E-state index contributed by atoms with van der Waals surface area (Å²) in [6.45, 7) is 6.36. The Balaban J connectivity index is 2.56. The highest BCUT2D eigenvalue weighted by atomic mass is 32.2. The van der Waals surface area contributed by atoms with Gasteiger partial charge in [0.25, 0.3) is 0 Å². The molecule has 3 heteroatoms. The molecule has 0 amide bonds. The second kappa shape index (κ2) is 3.99. The Labute approximate surface area is 81.6 Å². The Morgan fingerprint density at radius 1 is 1.38 bits per heavy atom. The molecule has 0 spiro atoms. The van der Waals surface area contributed by atoms with Crippen LogP contribution in [0.1, 0.15) is 40.0 Å². The minimum atomic E-state index is -2.73. The molecule has 13 heavy (non-hydrogen) atoms. The summed E-state index contributed by atoms with van der Waals surface area (Å²) in [5, 5.41) is -0.0464. The summed E-state index contributed by atoms with van der Waals surface area (Å²) in [6, 6.07) is 0. The maximum absolute atomic E-state index is 11.6. The topological polar surface area (TPSA) is 34.1 Å². The standard InChI is InChI=1S/C10H20O2S/c1-8(2)4-5-10-9(3)6-7-13(10,11)12/h8-10H,4-7H2,1-3H3. The van der Waals surface area contributed by atoms with Crippen LogP contribution in [0.5, 0.6) is 0 Å². The SMILES string of the molecule is CC(C)CCC1C(C)CCS1(=O)=O. The van der Waals surface area contributed by atoms with Crippen LogP contribution in [0.2, 0.25) is 0 Å². The minimum Gasteiger partial charge on any atom is -0.229 e. The van der Waals surface area contributed by atoms with E-state index < -0.39 is 9.84 Å². The highest BCUT2D eigenvalue weighted by molar-refractivity contribution is 7.92. The lowest BCUT2D eigenvalue weighted by Crippen LogP contribution is -2.21. The van der Waals surface area contributed by atoms with E-state index in [1.165, 1.54) is 0 Å². The average molecular weight is 204 g/mol. The third kappa shape index (κ3) is 2.70. The molecule has 0 aromatic carbocycles. The van der Waals surface area contributed by atoms with Gasteiger partial charge in [0.15, 0.2) is 9.84 Å². The van der Waals surface area contributed by atoms with E-state index >= 15 is 0 Å². The summed E-state index contributed by atoms with van der Waals surface area (Å²) in [4.78, 5) is 0. The highest BCUT2D eigenvalue weighted by Crippen LogP contribution is 2.30.